The molecular formula is C11H15N3S. The number of hydrogen-bond acceptors (Lipinski definition) is 4. The molecule has 0 aromatic carbocycles. The van der Waals surface area contributed by atoms with Gasteiger partial charge in [0.05, 0.1) is 21.4 Å². The third-order valence-corrected chi connectivity index (χ3v) is 3.39. The van der Waals surface area contributed by atoms with Crippen LogP contribution in [0.4, 0.5) is 0 Å². The lowest BCUT2D eigenvalue weighted by Crippen LogP contribution is -2.22. The topological polar surface area (TPSA) is 51.8 Å². The van der Waals surface area contributed by atoms with Gasteiger partial charge < -0.3 is 5.73 Å². The zero-order chi connectivity index (χ0) is 10.7. The smallest absolute Gasteiger partial charge is 0.0998 e. The summed E-state index contributed by atoms with van der Waals surface area (Å²) in [6, 6.07) is 2.24. The molecule has 0 aliphatic rings. The van der Waals surface area contributed by atoms with Crippen LogP contribution in [0.2, 0.25) is 0 Å². The van der Waals surface area contributed by atoms with E-state index < -0.39 is 0 Å². The monoisotopic (exact) mass is 221 g/mol. The Morgan fingerprint density at radius 3 is 3.13 bits per heavy atom. The van der Waals surface area contributed by atoms with Gasteiger partial charge in [-0.05, 0) is 12.5 Å². The van der Waals surface area contributed by atoms with Gasteiger partial charge in [-0.3, -0.25) is 4.98 Å². The summed E-state index contributed by atoms with van der Waals surface area (Å²) in [4.78, 5) is 8.57. The number of pyridine rings is 1. The summed E-state index contributed by atoms with van der Waals surface area (Å²) >= 11 is 1.72. The minimum Gasteiger partial charge on any atom is -0.327 e. The summed E-state index contributed by atoms with van der Waals surface area (Å²) in [5.74, 6) is 0. The maximum Gasteiger partial charge on any atom is 0.0998 e. The van der Waals surface area contributed by atoms with E-state index in [-0.39, 0.29) is 6.04 Å². The molecule has 0 amide bonds. The third-order valence-electron chi connectivity index (χ3n) is 2.33. The largest absolute Gasteiger partial charge is 0.327 e. The molecule has 3 nitrogen and oxygen atoms in total. The standard InChI is InChI=1S/C11H15N3S/c1-2-3-8(12)6-11-14-9-7-13-5-4-10(9)15-11/h4-5,7-8H,2-3,6,12H2,1H3. The maximum atomic E-state index is 5.99. The van der Waals surface area contributed by atoms with Crippen LogP contribution in [-0.2, 0) is 6.42 Å². The van der Waals surface area contributed by atoms with Crippen LogP contribution in [-0.4, -0.2) is 16.0 Å². The fourth-order valence-electron chi connectivity index (χ4n) is 1.61. The first-order valence-corrected chi connectivity index (χ1v) is 6.06. The summed E-state index contributed by atoms with van der Waals surface area (Å²) in [6.45, 7) is 2.15. The second-order valence-electron chi connectivity index (χ2n) is 3.70. The molecule has 0 aliphatic heterocycles. The second-order valence-corrected chi connectivity index (χ2v) is 4.82. The average Bonchev–Trinajstić information content (AvgIpc) is 2.59. The third kappa shape index (κ3) is 2.52. The number of nitrogens with two attached hydrogens (primary N) is 1. The van der Waals surface area contributed by atoms with Gasteiger partial charge in [0.25, 0.3) is 0 Å². The molecule has 15 heavy (non-hydrogen) atoms. The van der Waals surface area contributed by atoms with E-state index >= 15 is 0 Å². The van der Waals surface area contributed by atoms with Gasteiger partial charge in [0.1, 0.15) is 0 Å². The van der Waals surface area contributed by atoms with E-state index in [4.69, 9.17) is 5.73 Å². The lowest BCUT2D eigenvalue weighted by Gasteiger charge is -2.06. The summed E-state index contributed by atoms with van der Waals surface area (Å²) in [6.07, 6.45) is 6.69. The molecule has 1 unspecified atom stereocenters. The van der Waals surface area contributed by atoms with Crippen LogP contribution in [0.3, 0.4) is 0 Å². The van der Waals surface area contributed by atoms with Crippen molar-refractivity contribution in [1.29, 1.82) is 0 Å². The van der Waals surface area contributed by atoms with Gasteiger partial charge in [0.15, 0.2) is 0 Å². The molecule has 2 rings (SSSR count). The first kappa shape index (κ1) is 10.5. The van der Waals surface area contributed by atoms with Crippen LogP contribution in [0.5, 0.6) is 0 Å². The van der Waals surface area contributed by atoms with E-state index in [1.54, 1.807) is 23.7 Å². The number of fused-ring (bicyclic) bond motifs is 1. The molecule has 4 heteroatoms. The number of thiazole rings is 1. The Balaban J connectivity index is 2.15. The van der Waals surface area contributed by atoms with Gasteiger partial charge in [-0.25, -0.2) is 4.98 Å². The van der Waals surface area contributed by atoms with Crippen LogP contribution in [0.15, 0.2) is 18.5 Å². The molecule has 80 valence electrons. The van der Waals surface area contributed by atoms with Crippen molar-refractivity contribution < 1.29 is 0 Å². The molecule has 2 N–H and O–H groups in total. The Hall–Kier alpha value is -1.00. The Bertz CT molecular complexity index is 405. The van der Waals surface area contributed by atoms with Crippen molar-refractivity contribution in [3.05, 3.63) is 23.5 Å². The second kappa shape index (κ2) is 4.68. The van der Waals surface area contributed by atoms with E-state index in [2.05, 4.69) is 16.9 Å². The minimum absolute atomic E-state index is 0.239. The predicted octanol–water partition coefficient (Wildman–Crippen LogP) is 2.36. The molecule has 2 heterocycles. The first-order valence-electron chi connectivity index (χ1n) is 5.24. The van der Waals surface area contributed by atoms with Gasteiger partial charge in [-0.2, -0.15) is 0 Å². The summed E-state index contributed by atoms with van der Waals surface area (Å²) in [7, 11) is 0. The predicted molar refractivity (Wildman–Crippen MR) is 64.0 cm³/mol. The van der Waals surface area contributed by atoms with Gasteiger partial charge in [0, 0.05) is 18.7 Å². The van der Waals surface area contributed by atoms with E-state index in [9.17, 15) is 0 Å². The zero-order valence-electron chi connectivity index (χ0n) is 8.81. The van der Waals surface area contributed by atoms with Gasteiger partial charge in [-0.15, -0.1) is 11.3 Å². The van der Waals surface area contributed by atoms with E-state index in [1.807, 2.05) is 6.07 Å². The Labute approximate surface area is 93.4 Å². The SMILES string of the molecule is CCCC(N)Cc1nc2cnccc2s1. The molecule has 0 saturated heterocycles. The molecular weight excluding hydrogens is 206 g/mol. The highest BCUT2D eigenvalue weighted by molar-refractivity contribution is 7.18. The lowest BCUT2D eigenvalue weighted by molar-refractivity contribution is 0.599. The van der Waals surface area contributed by atoms with E-state index in [0.29, 0.717) is 0 Å². The first-order chi connectivity index (χ1) is 7.29. The lowest BCUT2D eigenvalue weighted by atomic mass is 10.1. The maximum absolute atomic E-state index is 5.99. The Morgan fingerprint density at radius 2 is 2.40 bits per heavy atom. The molecule has 0 saturated carbocycles. The van der Waals surface area contributed by atoms with Crippen LogP contribution in [0.25, 0.3) is 10.2 Å². The zero-order valence-corrected chi connectivity index (χ0v) is 9.63. The van der Waals surface area contributed by atoms with E-state index in [1.165, 1.54) is 4.70 Å². The van der Waals surface area contributed by atoms with Crippen molar-refractivity contribution in [2.24, 2.45) is 5.73 Å². The van der Waals surface area contributed by atoms with Crippen molar-refractivity contribution in [2.45, 2.75) is 32.2 Å². The van der Waals surface area contributed by atoms with Gasteiger partial charge in [0.2, 0.25) is 0 Å². The molecule has 0 spiro atoms. The highest BCUT2D eigenvalue weighted by Gasteiger charge is 2.07. The fraction of sp³-hybridized carbons (Fsp3) is 0.455. The highest BCUT2D eigenvalue weighted by atomic mass is 32.1. The normalized spacial score (nSPS) is 13.2. The van der Waals surface area contributed by atoms with E-state index in [0.717, 1.165) is 29.8 Å². The molecule has 2 aromatic heterocycles. The minimum atomic E-state index is 0.239. The molecule has 2 aromatic rings. The van der Waals surface area contributed by atoms with Crippen molar-refractivity contribution in [1.82, 2.24) is 9.97 Å². The molecule has 0 aliphatic carbocycles. The van der Waals surface area contributed by atoms with Crippen LogP contribution in [0.1, 0.15) is 24.8 Å². The van der Waals surface area contributed by atoms with Crippen LogP contribution < -0.4 is 5.73 Å². The highest BCUT2D eigenvalue weighted by Crippen LogP contribution is 2.21. The number of aromatic nitrogens is 2. The molecule has 0 fully saturated rings. The van der Waals surface area contributed by atoms with Crippen molar-refractivity contribution in [3.63, 3.8) is 0 Å². The number of hydrogen-bond donors (Lipinski definition) is 1. The number of rotatable bonds is 4. The quantitative estimate of drug-likeness (QED) is 0.862. The van der Waals surface area contributed by atoms with Crippen molar-refractivity contribution >= 4 is 21.6 Å². The number of nitrogens with zero attached hydrogens (tertiary/aromatic N) is 2. The Kier molecular flexibility index (Phi) is 3.28. The molecule has 1 atom stereocenters. The Morgan fingerprint density at radius 1 is 1.53 bits per heavy atom. The van der Waals surface area contributed by atoms with Crippen molar-refractivity contribution in [2.75, 3.05) is 0 Å². The fourth-order valence-corrected chi connectivity index (χ4v) is 2.64. The van der Waals surface area contributed by atoms with Crippen LogP contribution >= 0.6 is 11.3 Å². The van der Waals surface area contributed by atoms with Gasteiger partial charge >= 0.3 is 0 Å². The van der Waals surface area contributed by atoms with Crippen molar-refractivity contribution in [3.8, 4) is 0 Å². The average molecular weight is 221 g/mol. The van der Waals surface area contributed by atoms with Gasteiger partial charge in [-0.1, -0.05) is 13.3 Å². The summed E-state index contributed by atoms with van der Waals surface area (Å²) in [5.41, 5.74) is 6.98. The van der Waals surface area contributed by atoms with Crippen LogP contribution in [0, 0.1) is 0 Å². The molecule has 0 bridgehead atoms. The summed E-state index contributed by atoms with van der Waals surface area (Å²) in [5, 5.41) is 1.12. The molecule has 0 radical (unpaired) electrons. The summed E-state index contributed by atoms with van der Waals surface area (Å²) < 4.78 is 1.20.